The largest absolute Gasteiger partial charge is 0.399 e. The summed E-state index contributed by atoms with van der Waals surface area (Å²) >= 11 is 0. The van der Waals surface area contributed by atoms with Gasteiger partial charge in [-0.2, -0.15) is 0 Å². The van der Waals surface area contributed by atoms with Crippen molar-refractivity contribution in [2.75, 3.05) is 11.1 Å². The maximum Gasteiger partial charge on any atom is 0.138 e. The molecule has 0 amide bonds. The predicted molar refractivity (Wildman–Crippen MR) is 131 cm³/mol. The van der Waals surface area contributed by atoms with E-state index in [-0.39, 0.29) is 0 Å². The summed E-state index contributed by atoms with van der Waals surface area (Å²) in [7, 11) is 0. The van der Waals surface area contributed by atoms with E-state index in [1.807, 2.05) is 60.7 Å². The van der Waals surface area contributed by atoms with E-state index in [2.05, 4.69) is 44.5 Å². The predicted octanol–water partition coefficient (Wildman–Crippen LogP) is 6.10. The first kappa shape index (κ1) is 18.2. The molecule has 0 bridgehead atoms. The molecule has 154 valence electrons. The standard InChI is InChI=1S/C26H20N6/c27-19-9-6-16(7-10-19)26-31-21-11-8-17(12-22(21)32-26)18-13-23-25(29-15-28-23)24(14-18)30-20-4-2-1-3-5-20/h1-15,30H,27H2,(H,28,29)(H,31,32). The number of nitrogens with zero attached hydrogens (tertiary/aromatic N) is 2. The Morgan fingerprint density at radius 3 is 2.38 bits per heavy atom. The van der Waals surface area contributed by atoms with Gasteiger partial charge in [-0.15, -0.1) is 0 Å². The third kappa shape index (κ3) is 3.24. The zero-order valence-electron chi connectivity index (χ0n) is 17.1. The summed E-state index contributed by atoms with van der Waals surface area (Å²) < 4.78 is 0. The molecule has 0 aliphatic carbocycles. The van der Waals surface area contributed by atoms with E-state index < -0.39 is 0 Å². The van der Waals surface area contributed by atoms with Gasteiger partial charge in [-0.1, -0.05) is 24.3 Å². The van der Waals surface area contributed by atoms with Gasteiger partial charge in [0.05, 0.1) is 28.6 Å². The molecule has 6 rings (SSSR count). The highest BCUT2D eigenvalue weighted by Crippen LogP contribution is 2.33. The Morgan fingerprint density at radius 1 is 0.750 bits per heavy atom. The first-order chi connectivity index (χ1) is 15.7. The van der Waals surface area contributed by atoms with Crippen LogP contribution >= 0.6 is 0 Å². The van der Waals surface area contributed by atoms with Crippen molar-refractivity contribution in [3.05, 3.63) is 91.3 Å². The van der Waals surface area contributed by atoms with Gasteiger partial charge in [-0.3, -0.25) is 0 Å². The Labute approximate surface area is 184 Å². The van der Waals surface area contributed by atoms with Crippen molar-refractivity contribution in [1.82, 2.24) is 19.9 Å². The van der Waals surface area contributed by atoms with Crippen molar-refractivity contribution in [2.24, 2.45) is 0 Å². The van der Waals surface area contributed by atoms with Crippen molar-refractivity contribution in [2.45, 2.75) is 0 Å². The minimum Gasteiger partial charge on any atom is -0.399 e. The number of benzene rings is 4. The second-order valence-electron chi connectivity index (χ2n) is 7.75. The number of hydrogen-bond donors (Lipinski definition) is 4. The molecule has 0 fully saturated rings. The Kier molecular flexibility index (Phi) is 4.14. The summed E-state index contributed by atoms with van der Waals surface area (Å²) in [5.41, 5.74) is 15.5. The Hall–Kier alpha value is -4.58. The number of aromatic amines is 2. The van der Waals surface area contributed by atoms with E-state index in [1.54, 1.807) is 6.33 Å². The van der Waals surface area contributed by atoms with Crippen LogP contribution in [0, 0.1) is 0 Å². The van der Waals surface area contributed by atoms with Crippen LogP contribution in [0.1, 0.15) is 0 Å². The van der Waals surface area contributed by atoms with E-state index in [1.165, 1.54) is 0 Å². The minimum absolute atomic E-state index is 0.737. The average molecular weight is 416 g/mol. The molecule has 0 spiro atoms. The lowest BCUT2D eigenvalue weighted by atomic mass is 10.0. The molecule has 4 aromatic carbocycles. The lowest BCUT2D eigenvalue weighted by Crippen LogP contribution is -1.92. The molecule has 6 nitrogen and oxygen atoms in total. The van der Waals surface area contributed by atoms with E-state index in [0.717, 1.165) is 61.6 Å². The smallest absolute Gasteiger partial charge is 0.138 e. The lowest BCUT2D eigenvalue weighted by molar-refractivity contribution is 1.34. The Balaban J connectivity index is 1.42. The molecule has 0 aliphatic rings. The van der Waals surface area contributed by atoms with Crippen molar-refractivity contribution in [3.63, 3.8) is 0 Å². The molecule has 2 heterocycles. The Morgan fingerprint density at radius 2 is 1.53 bits per heavy atom. The Bertz CT molecular complexity index is 1540. The molecule has 6 heteroatoms. The highest BCUT2D eigenvalue weighted by atomic mass is 14.9. The number of H-pyrrole nitrogens is 2. The van der Waals surface area contributed by atoms with Crippen LogP contribution < -0.4 is 11.1 Å². The van der Waals surface area contributed by atoms with Gasteiger partial charge in [0.1, 0.15) is 11.3 Å². The number of anilines is 3. The van der Waals surface area contributed by atoms with Crippen molar-refractivity contribution >= 4 is 39.1 Å². The third-order valence-electron chi connectivity index (χ3n) is 5.58. The summed E-state index contributed by atoms with van der Waals surface area (Å²) in [5, 5.41) is 3.50. The maximum atomic E-state index is 5.81. The summed E-state index contributed by atoms with van der Waals surface area (Å²) in [6.07, 6.45) is 1.72. The monoisotopic (exact) mass is 416 g/mol. The van der Waals surface area contributed by atoms with Gasteiger partial charge in [0.15, 0.2) is 0 Å². The molecule has 0 saturated heterocycles. The molecular weight excluding hydrogens is 396 g/mol. The van der Waals surface area contributed by atoms with E-state index in [4.69, 9.17) is 10.7 Å². The van der Waals surface area contributed by atoms with Gasteiger partial charge in [0.25, 0.3) is 0 Å². The second-order valence-corrected chi connectivity index (χ2v) is 7.75. The fourth-order valence-corrected chi connectivity index (χ4v) is 3.96. The number of nitrogen functional groups attached to an aromatic ring is 1. The van der Waals surface area contributed by atoms with Gasteiger partial charge >= 0.3 is 0 Å². The number of hydrogen-bond acceptors (Lipinski definition) is 4. The van der Waals surface area contributed by atoms with Crippen LogP contribution in [0.25, 0.3) is 44.6 Å². The minimum atomic E-state index is 0.737. The van der Waals surface area contributed by atoms with Crippen LogP contribution in [0.3, 0.4) is 0 Å². The molecule has 0 saturated carbocycles. The first-order valence-electron chi connectivity index (χ1n) is 10.4. The van der Waals surface area contributed by atoms with Gasteiger partial charge in [-0.05, 0) is 71.8 Å². The molecule has 5 N–H and O–H groups in total. The average Bonchev–Trinajstić information content (AvgIpc) is 3.47. The third-order valence-corrected chi connectivity index (χ3v) is 5.58. The summed E-state index contributed by atoms with van der Waals surface area (Å²) in [4.78, 5) is 15.9. The molecule has 2 aromatic heterocycles. The van der Waals surface area contributed by atoms with E-state index in [9.17, 15) is 0 Å². The van der Waals surface area contributed by atoms with E-state index >= 15 is 0 Å². The zero-order chi connectivity index (χ0) is 21.5. The normalized spacial score (nSPS) is 11.2. The molecule has 0 unspecified atom stereocenters. The second kappa shape index (κ2) is 7.28. The van der Waals surface area contributed by atoms with Crippen LogP contribution in [0.4, 0.5) is 17.1 Å². The number of nitrogens with one attached hydrogen (secondary N) is 3. The van der Waals surface area contributed by atoms with Crippen LogP contribution in [-0.4, -0.2) is 19.9 Å². The number of imidazole rings is 2. The van der Waals surface area contributed by atoms with Gasteiger partial charge in [0, 0.05) is 16.9 Å². The highest BCUT2D eigenvalue weighted by molar-refractivity contribution is 5.95. The lowest BCUT2D eigenvalue weighted by Gasteiger charge is -2.10. The van der Waals surface area contributed by atoms with Crippen LogP contribution in [0.2, 0.25) is 0 Å². The highest BCUT2D eigenvalue weighted by Gasteiger charge is 2.11. The quantitative estimate of drug-likeness (QED) is 0.261. The topological polar surface area (TPSA) is 95.4 Å². The summed E-state index contributed by atoms with van der Waals surface area (Å²) in [6, 6.07) is 28.4. The summed E-state index contributed by atoms with van der Waals surface area (Å²) in [5.74, 6) is 0.826. The number of nitrogens with two attached hydrogens (primary N) is 1. The molecule has 0 atom stereocenters. The maximum absolute atomic E-state index is 5.81. The SMILES string of the molecule is Nc1ccc(-c2nc3ccc(-c4cc(Nc5ccccc5)c5nc[nH]c5c4)cc3[nH]2)cc1. The van der Waals surface area contributed by atoms with Crippen molar-refractivity contribution < 1.29 is 0 Å². The van der Waals surface area contributed by atoms with Crippen molar-refractivity contribution in [3.8, 4) is 22.5 Å². The van der Waals surface area contributed by atoms with Gasteiger partial charge < -0.3 is 21.0 Å². The fraction of sp³-hybridized carbons (Fsp3) is 0. The summed E-state index contributed by atoms with van der Waals surface area (Å²) in [6.45, 7) is 0. The van der Waals surface area contributed by atoms with Gasteiger partial charge in [0.2, 0.25) is 0 Å². The molecule has 6 aromatic rings. The first-order valence-corrected chi connectivity index (χ1v) is 10.4. The number of rotatable bonds is 4. The number of aromatic nitrogens is 4. The van der Waals surface area contributed by atoms with Gasteiger partial charge in [-0.25, -0.2) is 9.97 Å². The number of fused-ring (bicyclic) bond motifs is 2. The molecule has 0 radical (unpaired) electrons. The fourth-order valence-electron chi connectivity index (χ4n) is 3.96. The molecule has 32 heavy (non-hydrogen) atoms. The zero-order valence-corrected chi connectivity index (χ0v) is 17.1. The van der Waals surface area contributed by atoms with E-state index in [0.29, 0.717) is 0 Å². The number of para-hydroxylation sites is 1. The molecular formula is C26H20N6. The van der Waals surface area contributed by atoms with Crippen LogP contribution in [0.15, 0.2) is 91.3 Å². The van der Waals surface area contributed by atoms with Crippen LogP contribution in [-0.2, 0) is 0 Å². The van der Waals surface area contributed by atoms with Crippen LogP contribution in [0.5, 0.6) is 0 Å². The van der Waals surface area contributed by atoms with Crippen molar-refractivity contribution in [1.29, 1.82) is 0 Å². The molecule has 0 aliphatic heterocycles.